The van der Waals surface area contributed by atoms with Gasteiger partial charge in [0.05, 0.1) is 27.4 Å². The third-order valence-electron chi connectivity index (χ3n) is 4.13. The second-order valence-corrected chi connectivity index (χ2v) is 5.31. The van der Waals surface area contributed by atoms with Gasteiger partial charge in [-0.25, -0.2) is 0 Å². The maximum atomic E-state index is 5.55. The van der Waals surface area contributed by atoms with E-state index < -0.39 is 0 Å². The molecule has 0 bridgehead atoms. The van der Waals surface area contributed by atoms with Gasteiger partial charge in [-0.05, 0) is 35.7 Å². The molecule has 0 aromatic heterocycles. The maximum absolute atomic E-state index is 5.55. The first-order valence-electron chi connectivity index (χ1n) is 7.39. The molecule has 1 aliphatic rings. The van der Waals surface area contributed by atoms with Crippen molar-refractivity contribution in [3.8, 4) is 17.2 Å². The van der Waals surface area contributed by atoms with E-state index >= 15 is 0 Å². The average Bonchev–Trinajstić information content (AvgIpc) is 2.60. The minimum Gasteiger partial charge on any atom is -0.497 e. The molecule has 0 radical (unpaired) electrons. The van der Waals surface area contributed by atoms with Gasteiger partial charge in [-0.1, -0.05) is 12.1 Å². The van der Waals surface area contributed by atoms with E-state index in [0.717, 1.165) is 30.2 Å². The lowest BCUT2D eigenvalue weighted by molar-refractivity contribution is 0.385. The summed E-state index contributed by atoms with van der Waals surface area (Å²) < 4.78 is 16.3. The van der Waals surface area contributed by atoms with Gasteiger partial charge in [-0.3, -0.25) is 0 Å². The second kappa shape index (κ2) is 6.28. The smallest absolute Gasteiger partial charge is 0.126 e. The number of nitrogens with one attached hydrogen (secondary N) is 1. The van der Waals surface area contributed by atoms with Gasteiger partial charge < -0.3 is 19.5 Å². The molecule has 2 aromatic carbocycles. The van der Waals surface area contributed by atoms with Gasteiger partial charge in [0.15, 0.2) is 0 Å². The van der Waals surface area contributed by atoms with E-state index in [0.29, 0.717) is 0 Å². The summed E-state index contributed by atoms with van der Waals surface area (Å²) in [7, 11) is 5.07. The molecule has 116 valence electrons. The van der Waals surface area contributed by atoms with E-state index in [-0.39, 0.29) is 6.04 Å². The number of hydrogen-bond donors (Lipinski definition) is 1. The van der Waals surface area contributed by atoms with Crippen LogP contribution in [0.15, 0.2) is 36.4 Å². The largest absolute Gasteiger partial charge is 0.497 e. The Labute approximate surface area is 131 Å². The molecule has 0 aliphatic carbocycles. The summed E-state index contributed by atoms with van der Waals surface area (Å²) in [5.74, 6) is 2.57. The molecule has 1 unspecified atom stereocenters. The quantitative estimate of drug-likeness (QED) is 0.942. The van der Waals surface area contributed by atoms with Crippen LogP contribution in [0.25, 0.3) is 0 Å². The molecule has 4 nitrogen and oxygen atoms in total. The van der Waals surface area contributed by atoms with E-state index in [4.69, 9.17) is 14.2 Å². The summed E-state index contributed by atoms with van der Waals surface area (Å²) in [5.41, 5.74) is 3.63. The number of methoxy groups -OCH3 is 3. The Hall–Kier alpha value is -2.20. The number of ether oxygens (including phenoxy) is 3. The van der Waals surface area contributed by atoms with Crippen molar-refractivity contribution < 1.29 is 14.2 Å². The third-order valence-corrected chi connectivity index (χ3v) is 4.13. The molecule has 1 atom stereocenters. The zero-order valence-electron chi connectivity index (χ0n) is 13.2. The van der Waals surface area contributed by atoms with Crippen molar-refractivity contribution in [2.24, 2.45) is 0 Å². The highest BCUT2D eigenvalue weighted by molar-refractivity contribution is 5.52. The van der Waals surface area contributed by atoms with Gasteiger partial charge in [0.2, 0.25) is 0 Å². The predicted octanol–water partition coefficient (Wildman–Crippen LogP) is 2.95. The zero-order valence-corrected chi connectivity index (χ0v) is 13.2. The van der Waals surface area contributed by atoms with Crippen molar-refractivity contribution in [1.29, 1.82) is 0 Å². The van der Waals surface area contributed by atoms with Gasteiger partial charge in [-0.15, -0.1) is 0 Å². The maximum Gasteiger partial charge on any atom is 0.126 e. The molecule has 0 amide bonds. The predicted molar refractivity (Wildman–Crippen MR) is 86.1 cm³/mol. The van der Waals surface area contributed by atoms with E-state index in [1.807, 2.05) is 18.2 Å². The number of benzene rings is 2. The van der Waals surface area contributed by atoms with Crippen molar-refractivity contribution in [3.05, 3.63) is 53.1 Å². The topological polar surface area (TPSA) is 39.7 Å². The van der Waals surface area contributed by atoms with Crippen LogP contribution in [0.3, 0.4) is 0 Å². The minimum atomic E-state index is 0.114. The van der Waals surface area contributed by atoms with Crippen molar-refractivity contribution >= 4 is 0 Å². The molecule has 1 heterocycles. The molecular formula is C18H21NO3. The molecule has 2 aromatic rings. The molecule has 1 aliphatic heterocycles. The molecule has 0 spiro atoms. The lowest BCUT2D eigenvalue weighted by Crippen LogP contribution is -2.31. The fraction of sp³-hybridized carbons (Fsp3) is 0.333. The first-order chi connectivity index (χ1) is 10.8. The van der Waals surface area contributed by atoms with Crippen LogP contribution in [0.4, 0.5) is 0 Å². The van der Waals surface area contributed by atoms with Crippen LogP contribution in [-0.2, 0) is 6.42 Å². The average molecular weight is 299 g/mol. The van der Waals surface area contributed by atoms with E-state index in [1.165, 1.54) is 16.7 Å². The highest BCUT2D eigenvalue weighted by atomic mass is 16.5. The standard InChI is InChI=1S/C18H21NO3/c1-20-13-6-4-5-12(9-13)18-16-10-14(21-2)11-17(22-3)15(16)7-8-19-18/h4-6,9-11,18-19H,7-8H2,1-3H3. The Balaban J connectivity index is 2.10. The Morgan fingerprint density at radius 2 is 1.77 bits per heavy atom. The van der Waals surface area contributed by atoms with Crippen molar-refractivity contribution in [2.75, 3.05) is 27.9 Å². The summed E-state index contributed by atoms with van der Waals surface area (Å²) in [6.45, 7) is 0.914. The van der Waals surface area contributed by atoms with Gasteiger partial charge in [-0.2, -0.15) is 0 Å². The van der Waals surface area contributed by atoms with Crippen molar-refractivity contribution in [2.45, 2.75) is 12.5 Å². The summed E-state index contributed by atoms with van der Waals surface area (Å²) in [6.07, 6.45) is 0.947. The number of hydrogen-bond acceptors (Lipinski definition) is 4. The Bertz CT molecular complexity index is 669. The molecule has 3 rings (SSSR count). The fourth-order valence-corrected chi connectivity index (χ4v) is 3.04. The van der Waals surface area contributed by atoms with Crippen LogP contribution in [0.1, 0.15) is 22.7 Å². The number of fused-ring (bicyclic) bond motifs is 1. The number of rotatable bonds is 4. The summed E-state index contributed by atoms with van der Waals surface area (Å²) in [4.78, 5) is 0. The monoisotopic (exact) mass is 299 g/mol. The molecule has 4 heteroatoms. The fourth-order valence-electron chi connectivity index (χ4n) is 3.04. The highest BCUT2D eigenvalue weighted by Crippen LogP contribution is 2.38. The van der Waals surface area contributed by atoms with Crippen molar-refractivity contribution in [3.63, 3.8) is 0 Å². The molecule has 0 saturated heterocycles. The first kappa shape index (κ1) is 14.7. The molecule has 22 heavy (non-hydrogen) atoms. The molecule has 0 saturated carbocycles. The summed E-state index contributed by atoms with van der Waals surface area (Å²) in [6, 6.07) is 12.3. The SMILES string of the molecule is COc1cccc(C2NCCc3c(OC)cc(OC)cc32)c1. The molecule has 1 N–H and O–H groups in total. The Morgan fingerprint density at radius 1 is 0.955 bits per heavy atom. The minimum absolute atomic E-state index is 0.114. The van der Waals surface area contributed by atoms with Crippen LogP contribution < -0.4 is 19.5 Å². The van der Waals surface area contributed by atoms with Crippen LogP contribution in [0.2, 0.25) is 0 Å². The molecule has 0 fully saturated rings. The van der Waals surface area contributed by atoms with E-state index in [2.05, 4.69) is 23.5 Å². The van der Waals surface area contributed by atoms with Gasteiger partial charge in [0, 0.05) is 18.2 Å². The van der Waals surface area contributed by atoms with Gasteiger partial charge in [0.25, 0.3) is 0 Å². The van der Waals surface area contributed by atoms with Gasteiger partial charge >= 0.3 is 0 Å². The summed E-state index contributed by atoms with van der Waals surface area (Å²) >= 11 is 0. The lowest BCUT2D eigenvalue weighted by Gasteiger charge is -2.29. The lowest BCUT2D eigenvalue weighted by atomic mass is 9.89. The van der Waals surface area contributed by atoms with Crippen LogP contribution in [0.5, 0.6) is 17.2 Å². The molecular weight excluding hydrogens is 278 g/mol. The summed E-state index contributed by atoms with van der Waals surface area (Å²) in [5, 5.41) is 3.58. The van der Waals surface area contributed by atoms with E-state index in [1.54, 1.807) is 21.3 Å². The van der Waals surface area contributed by atoms with Crippen LogP contribution in [0, 0.1) is 0 Å². The van der Waals surface area contributed by atoms with E-state index in [9.17, 15) is 0 Å². The zero-order chi connectivity index (χ0) is 15.5. The van der Waals surface area contributed by atoms with Crippen LogP contribution >= 0.6 is 0 Å². The van der Waals surface area contributed by atoms with Crippen molar-refractivity contribution in [1.82, 2.24) is 5.32 Å². The Kier molecular flexibility index (Phi) is 4.20. The Morgan fingerprint density at radius 3 is 2.50 bits per heavy atom. The van der Waals surface area contributed by atoms with Gasteiger partial charge in [0.1, 0.15) is 17.2 Å². The normalized spacial score (nSPS) is 16.8. The second-order valence-electron chi connectivity index (χ2n) is 5.31. The van der Waals surface area contributed by atoms with Crippen LogP contribution in [-0.4, -0.2) is 27.9 Å². The third kappa shape index (κ3) is 2.62. The highest BCUT2D eigenvalue weighted by Gasteiger charge is 2.25. The first-order valence-corrected chi connectivity index (χ1v) is 7.39.